The van der Waals surface area contributed by atoms with Crippen LogP contribution in [0.1, 0.15) is 47.3 Å². The minimum atomic E-state index is -0.578. The van der Waals surface area contributed by atoms with E-state index in [1.807, 2.05) is 18.2 Å². The van der Waals surface area contributed by atoms with Crippen molar-refractivity contribution >= 4 is 38.9 Å². The highest BCUT2D eigenvalue weighted by molar-refractivity contribution is 9.10. The van der Waals surface area contributed by atoms with Gasteiger partial charge in [0.2, 0.25) is 0 Å². The van der Waals surface area contributed by atoms with E-state index in [0.717, 1.165) is 14.9 Å². The number of thiophene rings is 1. The lowest BCUT2D eigenvalue weighted by Gasteiger charge is -2.29. The van der Waals surface area contributed by atoms with Crippen LogP contribution < -0.4 is 0 Å². The first-order chi connectivity index (χ1) is 9.16. The zero-order valence-electron chi connectivity index (χ0n) is 10.3. The molecular weight excluding hydrogens is 344 g/mol. The van der Waals surface area contributed by atoms with E-state index in [-0.39, 0.29) is 0 Å². The first-order valence-corrected chi connectivity index (χ1v) is 8.37. The Morgan fingerprint density at radius 3 is 2.63 bits per heavy atom. The number of halogens is 2. The summed E-state index contributed by atoms with van der Waals surface area (Å²) in [6.45, 7) is 0. The highest BCUT2D eigenvalue weighted by atomic mass is 79.9. The highest BCUT2D eigenvalue weighted by Gasteiger charge is 2.25. The average Bonchev–Trinajstić information content (AvgIpc) is 2.67. The molecule has 0 spiro atoms. The van der Waals surface area contributed by atoms with Gasteiger partial charge in [-0.2, -0.15) is 0 Å². The normalized spacial score (nSPS) is 17.2. The molecule has 1 unspecified atom stereocenters. The smallest absolute Gasteiger partial charge is 0.114 e. The second kappa shape index (κ2) is 5.57. The molecule has 1 aliphatic carbocycles. The van der Waals surface area contributed by atoms with Crippen LogP contribution in [0.15, 0.2) is 34.8 Å². The van der Waals surface area contributed by atoms with Crippen LogP contribution in [0.2, 0.25) is 4.34 Å². The zero-order chi connectivity index (χ0) is 13.4. The molecule has 0 radical (unpaired) electrons. The molecule has 0 aliphatic heterocycles. The molecule has 1 saturated carbocycles. The molecule has 0 bridgehead atoms. The standard InChI is InChI=1S/C15H14BrClOS/c16-12-8-13(19-15(12)17)14(18)11-7-2-1-6-10(11)9-4-3-5-9/h1-2,6-9,14,18H,3-5H2. The van der Waals surface area contributed by atoms with E-state index in [9.17, 15) is 5.11 Å². The molecule has 100 valence electrons. The number of rotatable bonds is 3. The third-order valence-corrected chi connectivity index (χ3v) is 6.30. The summed E-state index contributed by atoms with van der Waals surface area (Å²) in [5.74, 6) is 0.615. The van der Waals surface area contributed by atoms with Gasteiger partial charge in [0.15, 0.2) is 0 Å². The average molecular weight is 358 g/mol. The molecule has 3 rings (SSSR count). The van der Waals surface area contributed by atoms with Crippen molar-refractivity contribution in [2.75, 3.05) is 0 Å². The van der Waals surface area contributed by atoms with Crippen molar-refractivity contribution in [3.05, 3.63) is 55.1 Å². The van der Waals surface area contributed by atoms with Crippen LogP contribution in [0.4, 0.5) is 0 Å². The van der Waals surface area contributed by atoms with Crippen molar-refractivity contribution in [3.8, 4) is 0 Å². The summed E-state index contributed by atoms with van der Waals surface area (Å²) >= 11 is 10.9. The van der Waals surface area contributed by atoms with E-state index < -0.39 is 6.10 Å². The lowest BCUT2D eigenvalue weighted by atomic mass is 9.77. The van der Waals surface area contributed by atoms with Gasteiger partial charge in [0.05, 0.1) is 0 Å². The lowest BCUT2D eigenvalue weighted by Crippen LogP contribution is -2.13. The number of aliphatic hydroxyl groups is 1. The zero-order valence-corrected chi connectivity index (χ0v) is 13.4. The molecule has 0 amide bonds. The van der Waals surface area contributed by atoms with Crippen molar-refractivity contribution in [2.45, 2.75) is 31.3 Å². The van der Waals surface area contributed by atoms with Crippen LogP contribution in [0.3, 0.4) is 0 Å². The van der Waals surface area contributed by atoms with Gasteiger partial charge in [-0.1, -0.05) is 42.3 Å². The van der Waals surface area contributed by atoms with Crippen LogP contribution in [0.25, 0.3) is 0 Å². The van der Waals surface area contributed by atoms with Gasteiger partial charge in [-0.15, -0.1) is 11.3 Å². The quantitative estimate of drug-likeness (QED) is 0.767. The fraction of sp³-hybridized carbons (Fsp3) is 0.333. The second-order valence-corrected chi connectivity index (χ2v) is 7.47. The van der Waals surface area contributed by atoms with E-state index >= 15 is 0 Å². The van der Waals surface area contributed by atoms with E-state index in [2.05, 4.69) is 28.1 Å². The maximum absolute atomic E-state index is 10.6. The highest BCUT2D eigenvalue weighted by Crippen LogP contribution is 2.43. The van der Waals surface area contributed by atoms with E-state index in [0.29, 0.717) is 10.3 Å². The Bertz CT molecular complexity index is 572. The Balaban J connectivity index is 1.96. The summed E-state index contributed by atoms with van der Waals surface area (Å²) < 4.78 is 1.55. The molecule has 19 heavy (non-hydrogen) atoms. The van der Waals surface area contributed by atoms with Gasteiger partial charge >= 0.3 is 0 Å². The van der Waals surface area contributed by atoms with E-state index in [1.54, 1.807) is 0 Å². The number of aliphatic hydroxyl groups excluding tert-OH is 1. The Morgan fingerprint density at radius 1 is 1.32 bits per heavy atom. The SMILES string of the molecule is OC(c1cc(Br)c(Cl)s1)c1ccccc1C1CCC1. The van der Waals surface area contributed by atoms with Crippen LogP contribution >= 0.6 is 38.9 Å². The maximum Gasteiger partial charge on any atom is 0.114 e. The van der Waals surface area contributed by atoms with Crippen molar-refractivity contribution in [3.63, 3.8) is 0 Å². The predicted octanol–water partition coefficient (Wildman–Crippen LogP) is 5.51. The molecule has 1 fully saturated rings. The van der Waals surface area contributed by atoms with Crippen LogP contribution in [0.5, 0.6) is 0 Å². The van der Waals surface area contributed by atoms with Crippen molar-refractivity contribution in [1.82, 2.24) is 0 Å². The Hall–Kier alpha value is -0.350. The molecule has 1 heterocycles. The second-order valence-electron chi connectivity index (χ2n) is 4.93. The fourth-order valence-corrected chi connectivity index (χ4v) is 4.24. The minimum Gasteiger partial charge on any atom is -0.383 e. The largest absolute Gasteiger partial charge is 0.383 e. The van der Waals surface area contributed by atoms with Crippen molar-refractivity contribution < 1.29 is 5.11 Å². The Labute approximate surface area is 130 Å². The maximum atomic E-state index is 10.6. The third-order valence-electron chi connectivity index (χ3n) is 3.77. The summed E-state index contributed by atoms with van der Waals surface area (Å²) in [6, 6.07) is 10.1. The molecular formula is C15H14BrClOS. The molecule has 0 saturated heterocycles. The van der Waals surface area contributed by atoms with Crippen molar-refractivity contribution in [2.24, 2.45) is 0 Å². The minimum absolute atomic E-state index is 0.578. The van der Waals surface area contributed by atoms with Crippen molar-refractivity contribution in [1.29, 1.82) is 0 Å². The lowest BCUT2D eigenvalue weighted by molar-refractivity contribution is 0.221. The van der Waals surface area contributed by atoms with Crippen LogP contribution in [-0.2, 0) is 0 Å². The third kappa shape index (κ3) is 2.62. The van der Waals surface area contributed by atoms with Gasteiger partial charge in [0.25, 0.3) is 0 Å². The summed E-state index contributed by atoms with van der Waals surface area (Å²) in [6.07, 6.45) is 3.19. The van der Waals surface area contributed by atoms with Gasteiger partial charge < -0.3 is 5.11 Å². The first kappa shape index (κ1) is 13.6. The number of benzene rings is 1. The van der Waals surface area contributed by atoms with Crippen LogP contribution in [-0.4, -0.2) is 5.11 Å². The molecule has 2 aromatic rings. The van der Waals surface area contributed by atoms with Crippen LogP contribution in [0, 0.1) is 0 Å². The predicted molar refractivity (Wildman–Crippen MR) is 84.1 cm³/mol. The topological polar surface area (TPSA) is 20.2 Å². The molecule has 1 aromatic carbocycles. The van der Waals surface area contributed by atoms with Gasteiger partial charge in [-0.3, -0.25) is 0 Å². The molecule has 1 N–H and O–H groups in total. The molecule has 4 heteroatoms. The number of hydrogen-bond acceptors (Lipinski definition) is 2. The molecule has 1 atom stereocenters. The summed E-state index contributed by atoms with van der Waals surface area (Å²) in [5, 5.41) is 10.6. The summed E-state index contributed by atoms with van der Waals surface area (Å²) in [4.78, 5) is 0.892. The summed E-state index contributed by atoms with van der Waals surface area (Å²) in [5.41, 5.74) is 2.32. The number of hydrogen-bond donors (Lipinski definition) is 1. The fourth-order valence-electron chi connectivity index (χ4n) is 2.50. The Morgan fingerprint density at radius 2 is 2.05 bits per heavy atom. The first-order valence-electron chi connectivity index (χ1n) is 6.38. The van der Waals surface area contributed by atoms with Gasteiger partial charge in [-0.05, 0) is 51.9 Å². The monoisotopic (exact) mass is 356 g/mol. The molecule has 1 aromatic heterocycles. The van der Waals surface area contributed by atoms with Gasteiger partial charge in [0.1, 0.15) is 10.4 Å². The Kier molecular flexibility index (Phi) is 3.99. The molecule has 1 aliphatic rings. The van der Waals surface area contributed by atoms with Gasteiger partial charge in [0, 0.05) is 9.35 Å². The van der Waals surface area contributed by atoms with Gasteiger partial charge in [-0.25, -0.2) is 0 Å². The van der Waals surface area contributed by atoms with E-state index in [1.165, 1.54) is 36.2 Å². The molecule has 1 nitrogen and oxygen atoms in total. The van der Waals surface area contributed by atoms with E-state index in [4.69, 9.17) is 11.6 Å². The summed E-state index contributed by atoms with van der Waals surface area (Å²) in [7, 11) is 0.